The Bertz CT molecular complexity index is 427. The summed E-state index contributed by atoms with van der Waals surface area (Å²) < 4.78 is 1.47. The van der Waals surface area contributed by atoms with E-state index in [0.29, 0.717) is 0 Å². The molecule has 0 aliphatic heterocycles. The van der Waals surface area contributed by atoms with E-state index in [1.54, 1.807) is 0 Å². The van der Waals surface area contributed by atoms with Gasteiger partial charge in [0, 0.05) is 0 Å². The third-order valence-corrected chi connectivity index (χ3v) is 4.75. The van der Waals surface area contributed by atoms with Crippen LogP contribution in [-0.4, -0.2) is 16.5 Å². The van der Waals surface area contributed by atoms with Gasteiger partial charge in [0.2, 0.25) is 0 Å². The third kappa shape index (κ3) is 3.87. The van der Waals surface area contributed by atoms with E-state index in [9.17, 15) is 0 Å². The van der Waals surface area contributed by atoms with Crippen molar-refractivity contribution < 1.29 is 0 Å². The van der Waals surface area contributed by atoms with Crippen LogP contribution >= 0.6 is 0 Å². The van der Waals surface area contributed by atoms with Gasteiger partial charge < -0.3 is 0 Å². The Morgan fingerprint density at radius 1 is 0.632 bits per heavy atom. The summed E-state index contributed by atoms with van der Waals surface area (Å²) in [7, 11) is 0. The van der Waals surface area contributed by atoms with Crippen LogP contribution < -0.4 is 4.40 Å². The van der Waals surface area contributed by atoms with Gasteiger partial charge in [-0.15, -0.1) is 0 Å². The van der Waals surface area contributed by atoms with Gasteiger partial charge in [-0.3, -0.25) is 0 Å². The van der Waals surface area contributed by atoms with Crippen LogP contribution in [0.2, 0.25) is 0 Å². The molecule has 19 heavy (non-hydrogen) atoms. The molecule has 0 aromatic heterocycles. The van der Waals surface area contributed by atoms with E-state index in [2.05, 4.69) is 91.0 Å². The van der Waals surface area contributed by atoms with Crippen molar-refractivity contribution in [3.63, 3.8) is 0 Å². The van der Waals surface area contributed by atoms with Gasteiger partial charge in [-0.05, 0) is 0 Å². The molecule has 0 spiro atoms. The molecule has 1 aromatic rings. The van der Waals surface area contributed by atoms with Crippen molar-refractivity contribution in [1.82, 2.24) is 0 Å². The van der Waals surface area contributed by atoms with Crippen molar-refractivity contribution in [3.8, 4) is 0 Å². The van der Waals surface area contributed by atoms with Gasteiger partial charge in [0.25, 0.3) is 0 Å². The first-order valence-corrected chi connectivity index (χ1v) is 8.20. The Labute approximate surface area is 128 Å². The first-order valence-electron chi connectivity index (χ1n) is 7.15. The first kappa shape index (κ1) is 16.8. The molecule has 105 valence electrons. The van der Waals surface area contributed by atoms with Gasteiger partial charge in [-0.2, -0.15) is 0 Å². The maximum absolute atomic E-state index is 2.42. The van der Waals surface area contributed by atoms with E-state index in [-0.39, 0.29) is 16.2 Å². The van der Waals surface area contributed by atoms with Crippen LogP contribution in [0.4, 0.5) is 0 Å². The maximum atomic E-state index is 2.42. The van der Waals surface area contributed by atoms with Gasteiger partial charge in [0.1, 0.15) is 0 Å². The van der Waals surface area contributed by atoms with Crippen LogP contribution in [0.15, 0.2) is 12.1 Å². The predicted octanol–water partition coefficient (Wildman–Crippen LogP) is 4.37. The van der Waals surface area contributed by atoms with Crippen molar-refractivity contribution in [2.45, 2.75) is 78.6 Å². The molecule has 0 saturated carbocycles. The van der Waals surface area contributed by atoms with Gasteiger partial charge in [-0.25, -0.2) is 0 Å². The minimum absolute atomic E-state index is 0.200. The fourth-order valence-electron chi connectivity index (χ4n) is 2.26. The van der Waals surface area contributed by atoms with Crippen LogP contribution in [0.3, 0.4) is 0 Å². The van der Waals surface area contributed by atoms with E-state index < -0.39 is 0 Å². The molecule has 0 fully saturated rings. The molecular formula is C18H29Ge. The quantitative estimate of drug-likeness (QED) is 0.623. The molecule has 1 aromatic carbocycles. The molecule has 0 bridgehead atoms. The summed E-state index contributed by atoms with van der Waals surface area (Å²) in [6, 6.07) is 4.84. The minimum atomic E-state index is 0.200. The van der Waals surface area contributed by atoms with E-state index in [1.807, 2.05) is 0 Å². The molecule has 1 heteroatoms. The molecular weight excluding hydrogens is 289 g/mol. The molecule has 1 rings (SSSR count). The first-order chi connectivity index (χ1) is 8.24. The summed E-state index contributed by atoms with van der Waals surface area (Å²) in [6.45, 7) is 20.8. The molecule has 0 saturated heterocycles. The van der Waals surface area contributed by atoms with Crippen LogP contribution in [0.5, 0.6) is 0 Å². The van der Waals surface area contributed by atoms with Gasteiger partial charge in [0.05, 0.1) is 0 Å². The van der Waals surface area contributed by atoms with Crippen molar-refractivity contribution in [3.05, 3.63) is 28.8 Å². The van der Waals surface area contributed by atoms with E-state index in [4.69, 9.17) is 0 Å². The zero-order valence-electron chi connectivity index (χ0n) is 14.2. The molecule has 0 N–H and O–H groups in total. The molecule has 0 aliphatic carbocycles. The van der Waals surface area contributed by atoms with Crippen molar-refractivity contribution in [2.24, 2.45) is 0 Å². The van der Waals surface area contributed by atoms with Crippen LogP contribution in [0.25, 0.3) is 0 Å². The summed E-state index contributed by atoms with van der Waals surface area (Å²) in [5, 5.41) is 0. The Balaban J connectivity index is 3.68. The van der Waals surface area contributed by atoms with E-state index in [0.717, 1.165) is 0 Å². The van der Waals surface area contributed by atoms with Crippen molar-refractivity contribution in [2.75, 3.05) is 0 Å². The average molecular weight is 318 g/mol. The van der Waals surface area contributed by atoms with Crippen molar-refractivity contribution >= 4 is 20.9 Å². The second-order valence-corrected chi connectivity index (χ2v) is 9.75. The number of benzene rings is 1. The monoisotopic (exact) mass is 319 g/mol. The van der Waals surface area contributed by atoms with Crippen LogP contribution in [0.1, 0.15) is 79.0 Å². The SMILES string of the molecule is CC(C)(C)c1cc(C(C)(C)C)[c]([Ge])c(C(C)(C)C)c1. The standard InChI is InChI=1S/C18H29Ge/c1-16(2,3)12-10-13(17(4,5)6)15(19)14(11-12)18(7,8)9/h10-11H,1-9H3. The Hall–Kier alpha value is -0.237. The van der Waals surface area contributed by atoms with Crippen molar-refractivity contribution in [1.29, 1.82) is 0 Å². The topological polar surface area (TPSA) is 0 Å². The Morgan fingerprint density at radius 2 is 0.947 bits per heavy atom. The summed E-state index contributed by atoms with van der Waals surface area (Å²) >= 11 is 2.29. The summed E-state index contributed by atoms with van der Waals surface area (Å²) in [5.74, 6) is 0. The average Bonchev–Trinajstić information content (AvgIpc) is 2.11. The van der Waals surface area contributed by atoms with Crippen LogP contribution in [-0.2, 0) is 16.2 Å². The molecule has 0 heterocycles. The molecule has 0 amide bonds. The molecule has 0 unspecified atom stereocenters. The summed E-state index contributed by atoms with van der Waals surface area (Å²) in [6.07, 6.45) is 0. The Kier molecular flexibility index (Phi) is 4.38. The number of hydrogen-bond donors (Lipinski definition) is 0. The zero-order chi connectivity index (χ0) is 15.2. The fourth-order valence-corrected chi connectivity index (χ4v) is 4.13. The Morgan fingerprint density at radius 3 is 1.16 bits per heavy atom. The summed E-state index contributed by atoms with van der Waals surface area (Å²) in [4.78, 5) is 0. The van der Waals surface area contributed by atoms with Crippen LogP contribution in [0, 0.1) is 0 Å². The second kappa shape index (κ2) is 4.95. The molecule has 0 atom stereocenters. The molecule has 0 aliphatic rings. The van der Waals surface area contributed by atoms with Gasteiger partial charge >= 0.3 is 128 Å². The van der Waals surface area contributed by atoms with Gasteiger partial charge in [0.15, 0.2) is 0 Å². The fraction of sp³-hybridized carbons (Fsp3) is 0.667. The number of rotatable bonds is 0. The number of hydrogen-bond acceptors (Lipinski definition) is 0. The van der Waals surface area contributed by atoms with Gasteiger partial charge in [-0.1, -0.05) is 0 Å². The normalized spacial score (nSPS) is 13.8. The predicted molar refractivity (Wildman–Crippen MR) is 87.9 cm³/mol. The molecule has 3 radical (unpaired) electrons. The molecule has 0 nitrogen and oxygen atoms in total. The van der Waals surface area contributed by atoms with E-state index in [1.165, 1.54) is 21.1 Å². The zero-order valence-corrected chi connectivity index (χ0v) is 16.3. The van der Waals surface area contributed by atoms with E-state index >= 15 is 0 Å². The third-order valence-electron chi connectivity index (χ3n) is 3.62. The summed E-state index contributed by atoms with van der Waals surface area (Å²) in [5.41, 5.74) is 5.03. The second-order valence-electron chi connectivity index (χ2n) is 8.70.